The summed E-state index contributed by atoms with van der Waals surface area (Å²) in [7, 11) is 0. The Bertz CT molecular complexity index is 388. The van der Waals surface area contributed by atoms with Gasteiger partial charge in [-0.25, -0.2) is 0 Å². The van der Waals surface area contributed by atoms with Crippen LogP contribution in [0.25, 0.3) is 0 Å². The molecule has 2 nitrogen and oxygen atoms in total. The Labute approximate surface area is 90.3 Å². The predicted molar refractivity (Wildman–Crippen MR) is 59.3 cm³/mol. The van der Waals surface area contributed by atoms with E-state index >= 15 is 0 Å². The summed E-state index contributed by atoms with van der Waals surface area (Å²) >= 11 is 0. The van der Waals surface area contributed by atoms with Crippen molar-refractivity contribution in [1.29, 1.82) is 0 Å². The standard InChI is InChI=1S/C13H16O2/c1-13(2,3)12-8-10(14)9-6-4-5-7-11(9)15-12/h4-7,12H,8H2,1-3H3/t12-/m0/s1. The first-order valence-electron chi connectivity index (χ1n) is 5.27. The SMILES string of the molecule is CC(C)(C)[C@@H]1CC(=O)c2ccccc2O1. The molecule has 1 aliphatic rings. The number of fused-ring (bicyclic) bond motifs is 1. The first-order chi connectivity index (χ1) is 6.98. The molecule has 0 amide bonds. The van der Waals surface area contributed by atoms with E-state index in [-0.39, 0.29) is 17.3 Å². The number of hydrogen-bond donors (Lipinski definition) is 0. The van der Waals surface area contributed by atoms with Gasteiger partial charge in [-0.15, -0.1) is 0 Å². The molecule has 2 heteroatoms. The highest BCUT2D eigenvalue weighted by atomic mass is 16.5. The molecule has 0 aliphatic carbocycles. The maximum atomic E-state index is 11.9. The van der Waals surface area contributed by atoms with Gasteiger partial charge in [-0.1, -0.05) is 32.9 Å². The number of hydrogen-bond acceptors (Lipinski definition) is 2. The predicted octanol–water partition coefficient (Wildman–Crippen LogP) is 3.07. The van der Waals surface area contributed by atoms with E-state index in [1.165, 1.54) is 0 Å². The van der Waals surface area contributed by atoms with Crippen molar-refractivity contribution >= 4 is 5.78 Å². The lowest BCUT2D eigenvalue weighted by atomic mass is 9.83. The number of rotatable bonds is 0. The fourth-order valence-corrected chi connectivity index (χ4v) is 1.76. The van der Waals surface area contributed by atoms with E-state index in [1.807, 2.05) is 24.3 Å². The van der Waals surface area contributed by atoms with Crippen molar-refractivity contribution in [1.82, 2.24) is 0 Å². The van der Waals surface area contributed by atoms with Crippen LogP contribution in [-0.2, 0) is 0 Å². The summed E-state index contributed by atoms with van der Waals surface area (Å²) in [4.78, 5) is 11.9. The van der Waals surface area contributed by atoms with Gasteiger partial charge in [-0.3, -0.25) is 4.79 Å². The lowest BCUT2D eigenvalue weighted by Gasteiger charge is -2.34. The van der Waals surface area contributed by atoms with Crippen molar-refractivity contribution in [3.05, 3.63) is 29.8 Å². The molecule has 1 heterocycles. The van der Waals surface area contributed by atoms with Gasteiger partial charge in [0, 0.05) is 6.42 Å². The molecule has 0 radical (unpaired) electrons. The number of carbonyl (C=O) groups is 1. The van der Waals surface area contributed by atoms with Crippen LogP contribution in [0.4, 0.5) is 0 Å². The summed E-state index contributed by atoms with van der Waals surface area (Å²) in [6.45, 7) is 6.29. The van der Waals surface area contributed by atoms with Gasteiger partial charge in [0.25, 0.3) is 0 Å². The van der Waals surface area contributed by atoms with Crippen LogP contribution in [0.3, 0.4) is 0 Å². The monoisotopic (exact) mass is 204 g/mol. The molecule has 0 aromatic heterocycles. The zero-order valence-electron chi connectivity index (χ0n) is 9.41. The van der Waals surface area contributed by atoms with E-state index in [0.717, 1.165) is 11.3 Å². The maximum Gasteiger partial charge on any atom is 0.170 e. The number of ether oxygens (including phenoxy) is 1. The third-order valence-corrected chi connectivity index (χ3v) is 2.79. The van der Waals surface area contributed by atoms with Crippen molar-refractivity contribution in [3.8, 4) is 5.75 Å². The van der Waals surface area contributed by atoms with Crippen LogP contribution in [-0.4, -0.2) is 11.9 Å². The van der Waals surface area contributed by atoms with E-state index in [4.69, 9.17) is 4.74 Å². The first kappa shape index (κ1) is 10.2. The average Bonchev–Trinajstić information content (AvgIpc) is 2.16. The molecule has 1 aliphatic heterocycles. The Balaban J connectivity index is 2.35. The third kappa shape index (κ3) is 1.89. The second kappa shape index (κ2) is 3.37. The number of benzene rings is 1. The van der Waals surface area contributed by atoms with Crippen molar-refractivity contribution in [2.24, 2.45) is 5.41 Å². The van der Waals surface area contributed by atoms with Crippen LogP contribution in [0.2, 0.25) is 0 Å². The minimum Gasteiger partial charge on any atom is -0.489 e. The van der Waals surface area contributed by atoms with Crippen LogP contribution in [0.5, 0.6) is 5.75 Å². The second-order valence-electron chi connectivity index (χ2n) is 5.10. The van der Waals surface area contributed by atoms with Crippen LogP contribution < -0.4 is 4.74 Å². The van der Waals surface area contributed by atoms with Crippen LogP contribution in [0.15, 0.2) is 24.3 Å². The van der Waals surface area contributed by atoms with Crippen LogP contribution in [0.1, 0.15) is 37.6 Å². The molecular weight excluding hydrogens is 188 g/mol. The van der Waals surface area contributed by atoms with E-state index in [1.54, 1.807) is 0 Å². The van der Waals surface area contributed by atoms with Crippen molar-refractivity contribution in [3.63, 3.8) is 0 Å². The zero-order chi connectivity index (χ0) is 11.1. The van der Waals surface area contributed by atoms with Gasteiger partial charge in [0.05, 0.1) is 5.56 Å². The van der Waals surface area contributed by atoms with Crippen molar-refractivity contribution in [2.45, 2.75) is 33.3 Å². The molecule has 0 bridgehead atoms. The van der Waals surface area contributed by atoms with E-state index < -0.39 is 0 Å². The molecule has 1 atom stereocenters. The Morgan fingerprint density at radius 1 is 1.27 bits per heavy atom. The third-order valence-electron chi connectivity index (χ3n) is 2.79. The number of para-hydroxylation sites is 1. The summed E-state index contributed by atoms with van der Waals surface area (Å²) in [5, 5.41) is 0. The first-order valence-corrected chi connectivity index (χ1v) is 5.27. The molecular formula is C13H16O2. The summed E-state index contributed by atoms with van der Waals surface area (Å²) < 4.78 is 5.85. The van der Waals surface area contributed by atoms with Crippen LogP contribution in [0, 0.1) is 5.41 Å². The molecule has 2 rings (SSSR count). The molecule has 0 unspecified atom stereocenters. The minimum absolute atomic E-state index is 0.00317. The minimum atomic E-state index is -0.0140. The number of carbonyl (C=O) groups excluding carboxylic acids is 1. The van der Waals surface area contributed by atoms with Gasteiger partial charge >= 0.3 is 0 Å². The quantitative estimate of drug-likeness (QED) is 0.649. The highest BCUT2D eigenvalue weighted by Crippen LogP contribution is 2.34. The molecule has 1 aromatic carbocycles. The van der Waals surface area contributed by atoms with Crippen molar-refractivity contribution in [2.75, 3.05) is 0 Å². The van der Waals surface area contributed by atoms with Gasteiger partial charge in [0.2, 0.25) is 0 Å². The zero-order valence-corrected chi connectivity index (χ0v) is 9.41. The molecule has 0 saturated carbocycles. The van der Waals surface area contributed by atoms with Crippen LogP contribution >= 0.6 is 0 Å². The second-order valence-corrected chi connectivity index (χ2v) is 5.10. The smallest absolute Gasteiger partial charge is 0.170 e. The molecule has 0 spiro atoms. The summed E-state index contributed by atoms with van der Waals surface area (Å²) in [6.07, 6.45) is 0.473. The maximum absolute atomic E-state index is 11.9. The molecule has 0 N–H and O–H groups in total. The Hall–Kier alpha value is -1.31. The molecule has 0 fully saturated rings. The summed E-state index contributed by atoms with van der Waals surface area (Å²) in [5.74, 6) is 0.922. The lowest BCUT2D eigenvalue weighted by molar-refractivity contribution is 0.0544. The van der Waals surface area contributed by atoms with Gasteiger partial charge in [-0.05, 0) is 17.5 Å². The lowest BCUT2D eigenvalue weighted by Crippen LogP contribution is -2.37. The van der Waals surface area contributed by atoms with Crippen molar-refractivity contribution < 1.29 is 9.53 Å². The molecule has 1 aromatic rings. The van der Waals surface area contributed by atoms with E-state index in [9.17, 15) is 4.79 Å². The number of ketones is 1. The fraction of sp³-hybridized carbons (Fsp3) is 0.462. The highest BCUT2D eigenvalue weighted by molar-refractivity contribution is 5.99. The highest BCUT2D eigenvalue weighted by Gasteiger charge is 2.34. The number of Topliss-reactive ketones (excluding diaryl/α,β-unsaturated/α-hetero) is 1. The van der Waals surface area contributed by atoms with Gasteiger partial charge < -0.3 is 4.74 Å². The largest absolute Gasteiger partial charge is 0.489 e. The molecule has 0 saturated heterocycles. The fourth-order valence-electron chi connectivity index (χ4n) is 1.76. The summed E-state index contributed by atoms with van der Waals surface area (Å²) in [5.41, 5.74) is 0.724. The Morgan fingerprint density at radius 3 is 2.60 bits per heavy atom. The van der Waals surface area contributed by atoms with Gasteiger partial charge in [-0.2, -0.15) is 0 Å². The van der Waals surface area contributed by atoms with Gasteiger partial charge in [0.15, 0.2) is 5.78 Å². The molecule has 15 heavy (non-hydrogen) atoms. The normalized spacial score (nSPS) is 20.7. The van der Waals surface area contributed by atoms with E-state index in [2.05, 4.69) is 20.8 Å². The topological polar surface area (TPSA) is 26.3 Å². The summed E-state index contributed by atoms with van der Waals surface area (Å²) in [6, 6.07) is 7.47. The Morgan fingerprint density at radius 2 is 1.93 bits per heavy atom. The average molecular weight is 204 g/mol. The Kier molecular flexibility index (Phi) is 2.29. The molecule has 80 valence electrons. The van der Waals surface area contributed by atoms with E-state index in [0.29, 0.717) is 6.42 Å². The van der Waals surface area contributed by atoms with Gasteiger partial charge in [0.1, 0.15) is 11.9 Å².